The first-order chi connectivity index (χ1) is 7.84. The van der Waals surface area contributed by atoms with Crippen LogP contribution in [0, 0.1) is 0 Å². The lowest BCUT2D eigenvalue weighted by atomic mass is 10.1. The molecule has 0 aliphatic carbocycles. The van der Waals surface area contributed by atoms with Gasteiger partial charge in [0.1, 0.15) is 6.10 Å². The van der Waals surface area contributed by atoms with Gasteiger partial charge in [-0.25, -0.2) is 0 Å². The van der Waals surface area contributed by atoms with E-state index < -0.39 is 6.10 Å². The summed E-state index contributed by atoms with van der Waals surface area (Å²) in [6.45, 7) is 2.61. The van der Waals surface area contributed by atoms with Crippen LogP contribution >= 0.6 is 11.6 Å². The van der Waals surface area contributed by atoms with Crippen molar-refractivity contribution in [1.82, 2.24) is 0 Å². The first-order valence-corrected chi connectivity index (χ1v) is 6.39. The highest BCUT2D eigenvalue weighted by atomic mass is 35.5. The number of aliphatic hydroxyl groups is 1. The van der Waals surface area contributed by atoms with Crippen molar-refractivity contribution in [3.05, 3.63) is 0 Å². The van der Waals surface area contributed by atoms with E-state index in [4.69, 9.17) is 25.8 Å². The van der Waals surface area contributed by atoms with Crippen molar-refractivity contribution in [3.8, 4) is 0 Å². The van der Waals surface area contributed by atoms with Gasteiger partial charge in [-0.15, -0.1) is 11.6 Å². The maximum atomic E-state index is 9.76. The summed E-state index contributed by atoms with van der Waals surface area (Å²) in [5.41, 5.74) is 0. The molecule has 0 radical (unpaired) electrons. The van der Waals surface area contributed by atoms with E-state index in [9.17, 15) is 5.11 Å². The average molecular weight is 253 g/mol. The van der Waals surface area contributed by atoms with Crippen molar-refractivity contribution < 1.29 is 19.3 Å². The molecule has 4 nitrogen and oxygen atoms in total. The van der Waals surface area contributed by atoms with E-state index in [0.29, 0.717) is 32.3 Å². The molecule has 0 aromatic heterocycles. The van der Waals surface area contributed by atoms with Crippen LogP contribution in [0.25, 0.3) is 0 Å². The lowest BCUT2D eigenvalue weighted by Gasteiger charge is -2.26. The van der Waals surface area contributed by atoms with Gasteiger partial charge < -0.3 is 19.3 Å². The Kier molecular flexibility index (Phi) is 8.15. The minimum Gasteiger partial charge on any atom is -0.388 e. The van der Waals surface area contributed by atoms with Crippen LogP contribution in [0.4, 0.5) is 0 Å². The molecule has 0 amide bonds. The average Bonchev–Trinajstić information content (AvgIpc) is 2.34. The smallest absolute Gasteiger partial charge is 0.103 e. The molecular weight excluding hydrogens is 232 g/mol. The quantitative estimate of drug-likeness (QED) is 0.521. The third kappa shape index (κ3) is 6.01. The van der Waals surface area contributed by atoms with Gasteiger partial charge in [-0.1, -0.05) is 0 Å². The number of hydrogen-bond acceptors (Lipinski definition) is 4. The number of aliphatic hydroxyl groups excluding tert-OH is 1. The summed E-state index contributed by atoms with van der Waals surface area (Å²) in [5, 5.41) is 9.76. The summed E-state index contributed by atoms with van der Waals surface area (Å²) in [6.07, 6.45) is 2.57. The van der Waals surface area contributed by atoms with Crippen LogP contribution in [0.1, 0.15) is 19.3 Å². The molecule has 0 spiro atoms. The Morgan fingerprint density at radius 3 is 2.75 bits per heavy atom. The summed E-state index contributed by atoms with van der Waals surface area (Å²) in [6, 6.07) is 0. The number of alkyl halides is 1. The summed E-state index contributed by atoms with van der Waals surface area (Å²) in [5.74, 6) is 0.499. The molecule has 1 rings (SSSR count). The standard InChI is InChI=1S/C11H21ClO4/c12-4-6-14-7-8-15-9-10(13)11-3-1-2-5-16-11/h10-11,13H,1-9H2. The predicted molar refractivity (Wildman–Crippen MR) is 62.0 cm³/mol. The molecule has 0 aromatic rings. The monoisotopic (exact) mass is 252 g/mol. The molecule has 96 valence electrons. The Labute approximate surface area is 102 Å². The molecule has 16 heavy (non-hydrogen) atoms. The Hall–Kier alpha value is 0.130. The molecular formula is C11H21ClO4. The van der Waals surface area contributed by atoms with Crippen molar-refractivity contribution in [2.75, 3.05) is 38.9 Å². The van der Waals surface area contributed by atoms with Crippen molar-refractivity contribution in [2.45, 2.75) is 31.5 Å². The van der Waals surface area contributed by atoms with E-state index in [1.54, 1.807) is 0 Å². The number of ether oxygens (including phenoxy) is 3. The van der Waals surface area contributed by atoms with E-state index in [-0.39, 0.29) is 6.10 Å². The number of hydrogen-bond donors (Lipinski definition) is 1. The van der Waals surface area contributed by atoms with Gasteiger partial charge in [0.05, 0.1) is 32.5 Å². The van der Waals surface area contributed by atoms with E-state index in [1.165, 1.54) is 0 Å². The molecule has 1 fully saturated rings. The molecule has 5 heteroatoms. The molecule has 0 saturated carbocycles. The first kappa shape index (κ1) is 14.2. The second kappa shape index (κ2) is 9.19. The number of rotatable bonds is 8. The van der Waals surface area contributed by atoms with Gasteiger partial charge in [-0.05, 0) is 19.3 Å². The maximum absolute atomic E-state index is 9.76. The van der Waals surface area contributed by atoms with Crippen LogP contribution in [-0.2, 0) is 14.2 Å². The highest BCUT2D eigenvalue weighted by molar-refractivity contribution is 6.17. The van der Waals surface area contributed by atoms with Gasteiger partial charge in [0.25, 0.3) is 0 Å². The zero-order valence-electron chi connectivity index (χ0n) is 9.57. The van der Waals surface area contributed by atoms with Crippen LogP contribution in [0.3, 0.4) is 0 Å². The van der Waals surface area contributed by atoms with E-state index in [0.717, 1.165) is 25.9 Å². The summed E-state index contributed by atoms with van der Waals surface area (Å²) in [4.78, 5) is 0. The molecule has 0 aromatic carbocycles. The maximum Gasteiger partial charge on any atom is 0.103 e. The normalized spacial score (nSPS) is 23.2. The molecule has 2 unspecified atom stereocenters. The van der Waals surface area contributed by atoms with Gasteiger partial charge in [0.2, 0.25) is 0 Å². The van der Waals surface area contributed by atoms with Crippen molar-refractivity contribution in [1.29, 1.82) is 0 Å². The third-order valence-electron chi connectivity index (χ3n) is 2.53. The van der Waals surface area contributed by atoms with Crippen LogP contribution in [0.2, 0.25) is 0 Å². The minimum absolute atomic E-state index is 0.0579. The second-order valence-electron chi connectivity index (χ2n) is 3.85. The molecule has 0 bridgehead atoms. The molecule has 1 heterocycles. The zero-order valence-corrected chi connectivity index (χ0v) is 10.3. The lowest BCUT2D eigenvalue weighted by Crippen LogP contribution is -2.35. The number of halogens is 1. The first-order valence-electron chi connectivity index (χ1n) is 5.85. The second-order valence-corrected chi connectivity index (χ2v) is 4.23. The van der Waals surface area contributed by atoms with Crippen LogP contribution in [-0.4, -0.2) is 56.2 Å². The van der Waals surface area contributed by atoms with Crippen LogP contribution < -0.4 is 0 Å². The Bertz CT molecular complexity index is 162. The Morgan fingerprint density at radius 1 is 1.25 bits per heavy atom. The van der Waals surface area contributed by atoms with E-state index in [2.05, 4.69) is 0 Å². The van der Waals surface area contributed by atoms with Gasteiger partial charge >= 0.3 is 0 Å². The predicted octanol–water partition coefficient (Wildman–Crippen LogP) is 1.19. The summed E-state index contributed by atoms with van der Waals surface area (Å²) >= 11 is 5.44. The third-order valence-corrected chi connectivity index (χ3v) is 2.68. The minimum atomic E-state index is -0.520. The van der Waals surface area contributed by atoms with Crippen LogP contribution in [0.5, 0.6) is 0 Å². The summed E-state index contributed by atoms with van der Waals surface area (Å²) < 4.78 is 15.9. The molecule has 1 aliphatic rings. The van der Waals surface area contributed by atoms with Gasteiger partial charge in [0.15, 0.2) is 0 Å². The van der Waals surface area contributed by atoms with E-state index in [1.807, 2.05) is 0 Å². The SMILES string of the molecule is OC(COCCOCCCl)C1CCCCO1. The Balaban J connectivity index is 1.94. The highest BCUT2D eigenvalue weighted by Crippen LogP contribution is 2.15. The highest BCUT2D eigenvalue weighted by Gasteiger charge is 2.22. The molecule has 1 saturated heterocycles. The van der Waals surface area contributed by atoms with E-state index >= 15 is 0 Å². The van der Waals surface area contributed by atoms with Gasteiger partial charge in [0, 0.05) is 12.5 Å². The fourth-order valence-electron chi connectivity index (χ4n) is 1.65. The van der Waals surface area contributed by atoms with Gasteiger partial charge in [-0.2, -0.15) is 0 Å². The van der Waals surface area contributed by atoms with Crippen molar-refractivity contribution in [2.24, 2.45) is 0 Å². The summed E-state index contributed by atoms with van der Waals surface area (Å²) in [7, 11) is 0. The molecule has 2 atom stereocenters. The largest absolute Gasteiger partial charge is 0.388 e. The lowest BCUT2D eigenvalue weighted by molar-refractivity contribution is -0.0933. The van der Waals surface area contributed by atoms with Crippen molar-refractivity contribution >= 4 is 11.6 Å². The molecule has 1 aliphatic heterocycles. The topological polar surface area (TPSA) is 47.9 Å². The molecule has 1 N–H and O–H groups in total. The Morgan fingerprint density at radius 2 is 2.06 bits per heavy atom. The van der Waals surface area contributed by atoms with Crippen LogP contribution in [0.15, 0.2) is 0 Å². The fraction of sp³-hybridized carbons (Fsp3) is 1.00. The zero-order chi connectivity index (χ0) is 11.6. The van der Waals surface area contributed by atoms with Gasteiger partial charge in [-0.3, -0.25) is 0 Å². The van der Waals surface area contributed by atoms with Crippen molar-refractivity contribution in [3.63, 3.8) is 0 Å². The fourth-order valence-corrected chi connectivity index (χ4v) is 1.76.